The highest BCUT2D eigenvalue weighted by atomic mass is 32.2. The largest absolute Gasteiger partial charge is 0.324 e. The predicted octanol–water partition coefficient (Wildman–Crippen LogP) is 1.15. The van der Waals surface area contributed by atoms with Gasteiger partial charge in [-0.3, -0.25) is 0 Å². The summed E-state index contributed by atoms with van der Waals surface area (Å²) in [5.41, 5.74) is 8.45. The molecule has 1 aromatic carbocycles. The molecular weight excluding hydrogens is 248 g/mol. The molecule has 1 aliphatic carbocycles. The number of benzene rings is 1. The monoisotopic (exact) mass is 268 g/mol. The van der Waals surface area contributed by atoms with E-state index in [4.69, 9.17) is 5.73 Å². The van der Waals surface area contributed by atoms with Crippen LogP contribution in [0.25, 0.3) is 0 Å². The molecule has 0 heterocycles. The molecule has 4 nitrogen and oxygen atoms in total. The summed E-state index contributed by atoms with van der Waals surface area (Å²) in [6.45, 7) is 1.90. The van der Waals surface area contributed by atoms with E-state index in [9.17, 15) is 8.42 Å². The van der Waals surface area contributed by atoms with Crippen molar-refractivity contribution in [2.24, 2.45) is 5.73 Å². The number of fused-ring (bicyclic) bond motifs is 1. The van der Waals surface area contributed by atoms with Crippen molar-refractivity contribution in [1.29, 1.82) is 0 Å². The Bertz CT molecular complexity index is 528. The molecule has 3 unspecified atom stereocenters. The summed E-state index contributed by atoms with van der Waals surface area (Å²) in [5, 5.41) is 3.36. The molecule has 1 aromatic rings. The molecule has 0 saturated heterocycles. The Morgan fingerprint density at radius 3 is 2.61 bits per heavy atom. The maximum Gasteiger partial charge on any atom is 0.148 e. The first-order valence-electron chi connectivity index (χ1n) is 6.15. The molecule has 3 atom stereocenters. The number of hydrogen-bond acceptors (Lipinski definition) is 4. The lowest BCUT2D eigenvalue weighted by Crippen LogP contribution is -2.35. The molecule has 2 rings (SSSR count). The Hall–Kier alpha value is -0.910. The van der Waals surface area contributed by atoms with Crippen LogP contribution >= 0.6 is 0 Å². The van der Waals surface area contributed by atoms with Gasteiger partial charge in [0.1, 0.15) is 9.84 Å². The van der Waals surface area contributed by atoms with E-state index < -0.39 is 9.84 Å². The molecule has 0 aliphatic heterocycles. The molecule has 0 radical (unpaired) electrons. The van der Waals surface area contributed by atoms with E-state index in [1.165, 1.54) is 17.4 Å². The average molecular weight is 268 g/mol. The van der Waals surface area contributed by atoms with Gasteiger partial charge in [0.25, 0.3) is 0 Å². The second-order valence-electron chi connectivity index (χ2n) is 5.18. The summed E-state index contributed by atoms with van der Waals surface area (Å²) < 4.78 is 22.5. The van der Waals surface area contributed by atoms with Crippen LogP contribution in [0.1, 0.15) is 36.6 Å². The normalized spacial score (nSPS) is 24.8. The highest BCUT2D eigenvalue weighted by molar-refractivity contribution is 7.90. The lowest BCUT2D eigenvalue weighted by atomic mass is 10.1. The van der Waals surface area contributed by atoms with Gasteiger partial charge in [0.05, 0.1) is 5.75 Å². The van der Waals surface area contributed by atoms with Crippen LogP contribution in [0.3, 0.4) is 0 Å². The molecular formula is C13H20N2O2S. The molecule has 0 saturated carbocycles. The lowest BCUT2D eigenvalue weighted by molar-refractivity contribution is 0.453. The van der Waals surface area contributed by atoms with E-state index in [1.54, 1.807) is 0 Å². The van der Waals surface area contributed by atoms with E-state index in [0.29, 0.717) is 0 Å². The van der Waals surface area contributed by atoms with Gasteiger partial charge in [-0.1, -0.05) is 24.3 Å². The zero-order valence-corrected chi connectivity index (χ0v) is 11.6. The van der Waals surface area contributed by atoms with Crippen molar-refractivity contribution in [2.45, 2.75) is 31.5 Å². The van der Waals surface area contributed by atoms with Gasteiger partial charge in [0.15, 0.2) is 0 Å². The van der Waals surface area contributed by atoms with Gasteiger partial charge in [-0.05, 0) is 24.5 Å². The van der Waals surface area contributed by atoms with Crippen LogP contribution < -0.4 is 11.1 Å². The molecule has 0 amide bonds. The molecule has 0 fully saturated rings. The first kappa shape index (κ1) is 13.5. The summed E-state index contributed by atoms with van der Waals surface area (Å²) in [6.07, 6.45) is 2.09. The van der Waals surface area contributed by atoms with Crippen LogP contribution in [0, 0.1) is 0 Å². The molecule has 18 heavy (non-hydrogen) atoms. The quantitative estimate of drug-likeness (QED) is 0.859. The summed E-state index contributed by atoms with van der Waals surface area (Å²) >= 11 is 0. The Balaban J connectivity index is 2.09. The summed E-state index contributed by atoms with van der Waals surface area (Å²) in [7, 11) is -2.95. The Labute approximate surface area is 108 Å². The lowest BCUT2D eigenvalue weighted by Gasteiger charge is -2.19. The molecule has 100 valence electrons. The first-order valence-corrected chi connectivity index (χ1v) is 8.21. The fourth-order valence-electron chi connectivity index (χ4n) is 2.68. The van der Waals surface area contributed by atoms with Crippen molar-refractivity contribution in [1.82, 2.24) is 5.32 Å². The van der Waals surface area contributed by atoms with Crippen molar-refractivity contribution >= 4 is 9.84 Å². The van der Waals surface area contributed by atoms with E-state index >= 15 is 0 Å². The van der Waals surface area contributed by atoms with Crippen molar-refractivity contribution < 1.29 is 8.42 Å². The van der Waals surface area contributed by atoms with Crippen LogP contribution in [0.2, 0.25) is 0 Å². The highest BCUT2D eigenvalue weighted by Gasteiger charge is 2.29. The fourth-order valence-corrected chi connectivity index (χ4v) is 3.68. The first-order chi connectivity index (χ1) is 8.37. The molecule has 0 spiro atoms. The molecule has 0 bridgehead atoms. The van der Waals surface area contributed by atoms with Crippen molar-refractivity contribution in [3.05, 3.63) is 35.4 Å². The SMILES string of the molecule is CC(CS(C)(=O)=O)NC1CC(N)c2ccccc21. The Morgan fingerprint density at radius 2 is 2.00 bits per heavy atom. The average Bonchev–Trinajstić information content (AvgIpc) is 2.54. The van der Waals surface area contributed by atoms with Gasteiger partial charge in [0.2, 0.25) is 0 Å². The van der Waals surface area contributed by atoms with Gasteiger partial charge in [-0.15, -0.1) is 0 Å². The number of nitrogens with one attached hydrogen (secondary N) is 1. The molecule has 5 heteroatoms. The van der Waals surface area contributed by atoms with Gasteiger partial charge in [-0.25, -0.2) is 8.42 Å². The second-order valence-corrected chi connectivity index (χ2v) is 7.37. The van der Waals surface area contributed by atoms with Crippen molar-refractivity contribution in [3.8, 4) is 0 Å². The summed E-state index contributed by atoms with van der Waals surface area (Å²) in [4.78, 5) is 0. The van der Waals surface area contributed by atoms with Crippen LogP contribution in [0.5, 0.6) is 0 Å². The third-order valence-electron chi connectivity index (χ3n) is 3.30. The van der Waals surface area contributed by atoms with Gasteiger partial charge in [0, 0.05) is 24.4 Å². The van der Waals surface area contributed by atoms with E-state index in [-0.39, 0.29) is 23.9 Å². The minimum absolute atomic E-state index is 0.0455. The third kappa shape index (κ3) is 3.10. The Kier molecular flexibility index (Phi) is 3.75. The highest BCUT2D eigenvalue weighted by Crippen LogP contribution is 2.37. The van der Waals surface area contributed by atoms with Gasteiger partial charge >= 0.3 is 0 Å². The molecule has 3 N–H and O–H groups in total. The number of rotatable bonds is 4. The number of sulfone groups is 1. The smallest absolute Gasteiger partial charge is 0.148 e. The van der Waals surface area contributed by atoms with Gasteiger partial charge < -0.3 is 11.1 Å². The summed E-state index contributed by atoms with van der Waals surface area (Å²) in [5.74, 6) is 0.154. The molecule has 1 aliphatic rings. The minimum Gasteiger partial charge on any atom is -0.324 e. The number of hydrogen-bond donors (Lipinski definition) is 2. The summed E-state index contributed by atoms with van der Waals surface area (Å²) in [6, 6.07) is 8.23. The van der Waals surface area contributed by atoms with Crippen molar-refractivity contribution in [2.75, 3.05) is 12.0 Å². The standard InChI is InChI=1S/C13H20N2O2S/c1-9(8-18(2,16)17)15-13-7-12(14)10-5-3-4-6-11(10)13/h3-6,9,12-13,15H,7-8,14H2,1-2H3. The van der Waals surface area contributed by atoms with Crippen LogP contribution in [0.15, 0.2) is 24.3 Å². The zero-order valence-electron chi connectivity index (χ0n) is 10.8. The van der Waals surface area contributed by atoms with E-state index in [1.807, 2.05) is 25.1 Å². The molecule has 0 aromatic heterocycles. The van der Waals surface area contributed by atoms with Crippen LogP contribution in [0.4, 0.5) is 0 Å². The van der Waals surface area contributed by atoms with E-state index in [2.05, 4.69) is 11.4 Å². The topological polar surface area (TPSA) is 72.2 Å². The van der Waals surface area contributed by atoms with Crippen LogP contribution in [-0.2, 0) is 9.84 Å². The zero-order chi connectivity index (χ0) is 13.3. The predicted molar refractivity (Wildman–Crippen MR) is 73.0 cm³/mol. The van der Waals surface area contributed by atoms with Crippen molar-refractivity contribution in [3.63, 3.8) is 0 Å². The fraction of sp³-hybridized carbons (Fsp3) is 0.538. The second kappa shape index (κ2) is 4.99. The van der Waals surface area contributed by atoms with Gasteiger partial charge in [-0.2, -0.15) is 0 Å². The maximum absolute atomic E-state index is 11.3. The van der Waals surface area contributed by atoms with E-state index in [0.717, 1.165) is 6.42 Å². The minimum atomic E-state index is -2.95. The van der Waals surface area contributed by atoms with Crippen LogP contribution in [-0.4, -0.2) is 26.5 Å². The maximum atomic E-state index is 11.3. The Morgan fingerprint density at radius 1 is 1.39 bits per heavy atom. The third-order valence-corrected chi connectivity index (χ3v) is 4.40. The number of nitrogens with two attached hydrogens (primary N) is 1.